The largest absolute Gasteiger partial charge is 0.497 e. The molecule has 8 heteroatoms. The van der Waals surface area contributed by atoms with Gasteiger partial charge < -0.3 is 14.1 Å². The monoisotopic (exact) mass is 432 g/mol. The fourth-order valence-electron chi connectivity index (χ4n) is 4.30. The van der Waals surface area contributed by atoms with Crippen LogP contribution >= 0.6 is 0 Å². The molecule has 0 saturated carbocycles. The summed E-state index contributed by atoms with van der Waals surface area (Å²) in [4.78, 5) is 15.1. The molecule has 0 bridgehead atoms. The standard InChI is InChI=1S/C22H28N2O5S/c1-28-18-10-8-17(9-11-18)19-7-3-2-4-16-24(19)22(25)20-12-13-21(29-20)30(26,27)23-14-5-6-15-23/h8-13,19H,2-7,14-16H2,1H3/t19-/m1/s1. The highest BCUT2D eigenvalue weighted by Gasteiger charge is 2.33. The summed E-state index contributed by atoms with van der Waals surface area (Å²) >= 11 is 0. The van der Waals surface area contributed by atoms with Crippen LogP contribution in [0.2, 0.25) is 0 Å². The Bertz CT molecular complexity index is 977. The second-order valence-electron chi connectivity index (χ2n) is 7.87. The summed E-state index contributed by atoms with van der Waals surface area (Å²) in [6.45, 7) is 1.61. The Morgan fingerprint density at radius 2 is 1.67 bits per heavy atom. The number of rotatable bonds is 5. The molecule has 1 aromatic heterocycles. The highest BCUT2D eigenvalue weighted by molar-refractivity contribution is 7.89. The van der Waals surface area contributed by atoms with E-state index in [9.17, 15) is 13.2 Å². The molecular formula is C22H28N2O5S. The highest BCUT2D eigenvalue weighted by Crippen LogP contribution is 2.33. The minimum Gasteiger partial charge on any atom is -0.497 e. The fourth-order valence-corrected chi connectivity index (χ4v) is 5.72. The summed E-state index contributed by atoms with van der Waals surface area (Å²) in [6.07, 6.45) is 5.57. The van der Waals surface area contributed by atoms with Gasteiger partial charge in [0.05, 0.1) is 13.2 Å². The minimum absolute atomic E-state index is 0.0744. The summed E-state index contributed by atoms with van der Waals surface area (Å²) < 4.78 is 37.8. The molecular weight excluding hydrogens is 404 g/mol. The van der Waals surface area contributed by atoms with Gasteiger partial charge in [-0.25, -0.2) is 8.42 Å². The number of hydrogen-bond donors (Lipinski definition) is 0. The Hall–Kier alpha value is -2.32. The first kappa shape index (κ1) is 20.9. The Morgan fingerprint density at radius 3 is 2.37 bits per heavy atom. The molecule has 3 heterocycles. The number of carbonyl (C=O) groups excluding carboxylic acids is 1. The number of carbonyl (C=O) groups is 1. The molecule has 1 atom stereocenters. The first-order valence-corrected chi connectivity index (χ1v) is 12.0. The second-order valence-corrected chi connectivity index (χ2v) is 9.74. The van der Waals surface area contributed by atoms with Gasteiger partial charge in [0.2, 0.25) is 5.09 Å². The van der Waals surface area contributed by atoms with E-state index in [0.717, 1.165) is 49.8 Å². The average molecular weight is 433 g/mol. The number of ether oxygens (including phenoxy) is 1. The zero-order valence-corrected chi connectivity index (χ0v) is 18.1. The predicted octanol–water partition coefficient (Wildman–Crippen LogP) is 3.83. The van der Waals surface area contributed by atoms with Crippen LogP contribution < -0.4 is 4.74 Å². The molecule has 30 heavy (non-hydrogen) atoms. The van der Waals surface area contributed by atoms with Gasteiger partial charge in [-0.2, -0.15) is 4.31 Å². The third-order valence-corrected chi connectivity index (χ3v) is 7.74. The topological polar surface area (TPSA) is 80.1 Å². The van der Waals surface area contributed by atoms with Crippen LogP contribution in [-0.2, 0) is 10.0 Å². The number of methoxy groups -OCH3 is 1. The van der Waals surface area contributed by atoms with Gasteiger partial charge in [0.1, 0.15) is 5.75 Å². The van der Waals surface area contributed by atoms with E-state index in [-0.39, 0.29) is 22.8 Å². The van der Waals surface area contributed by atoms with Crippen molar-refractivity contribution in [2.24, 2.45) is 0 Å². The summed E-state index contributed by atoms with van der Waals surface area (Å²) in [7, 11) is -2.05. The Labute approximate surface area is 177 Å². The first-order valence-electron chi connectivity index (χ1n) is 10.6. The molecule has 0 spiro atoms. The van der Waals surface area contributed by atoms with Crippen molar-refractivity contribution >= 4 is 15.9 Å². The van der Waals surface area contributed by atoms with E-state index in [2.05, 4.69) is 0 Å². The quantitative estimate of drug-likeness (QED) is 0.717. The molecule has 2 fully saturated rings. The maximum Gasteiger partial charge on any atom is 0.290 e. The van der Waals surface area contributed by atoms with Crippen molar-refractivity contribution in [2.45, 2.75) is 49.7 Å². The molecule has 162 valence electrons. The maximum atomic E-state index is 13.3. The number of benzene rings is 1. The van der Waals surface area contributed by atoms with E-state index in [0.29, 0.717) is 19.6 Å². The lowest BCUT2D eigenvalue weighted by Gasteiger charge is -2.30. The molecule has 0 unspecified atom stereocenters. The van der Waals surface area contributed by atoms with Gasteiger partial charge in [0, 0.05) is 19.6 Å². The fraction of sp³-hybridized carbons (Fsp3) is 0.500. The van der Waals surface area contributed by atoms with Crippen LogP contribution in [0, 0.1) is 0 Å². The van der Waals surface area contributed by atoms with Crippen molar-refractivity contribution in [3.8, 4) is 5.75 Å². The predicted molar refractivity (Wildman–Crippen MR) is 112 cm³/mol. The van der Waals surface area contributed by atoms with E-state index in [1.807, 2.05) is 29.2 Å². The van der Waals surface area contributed by atoms with Crippen molar-refractivity contribution in [3.63, 3.8) is 0 Å². The van der Waals surface area contributed by atoms with Crippen LogP contribution in [0.1, 0.15) is 60.7 Å². The summed E-state index contributed by atoms with van der Waals surface area (Å²) in [5.41, 5.74) is 1.04. The van der Waals surface area contributed by atoms with Crippen molar-refractivity contribution in [3.05, 3.63) is 47.7 Å². The number of sulfonamides is 1. The Kier molecular flexibility index (Phi) is 6.15. The van der Waals surface area contributed by atoms with Crippen LogP contribution in [0.4, 0.5) is 0 Å². The summed E-state index contributed by atoms with van der Waals surface area (Å²) in [5.74, 6) is 0.585. The van der Waals surface area contributed by atoms with E-state index in [4.69, 9.17) is 9.15 Å². The number of furan rings is 1. The van der Waals surface area contributed by atoms with Crippen LogP contribution in [0.5, 0.6) is 5.75 Å². The van der Waals surface area contributed by atoms with E-state index >= 15 is 0 Å². The molecule has 2 aromatic rings. The van der Waals surface area contributed by atoms with Crippen molar-refractivity contribution in [2.75, 3.05) is 26.7 Å². The summed E-state index contributed by atoms with van der Waals surface area (Å²) in [5, 5.41) is -0.149. The SMILES string of the molecule is COc1ccc([C@H]2CCCCCN2C(=O)c2ccc(S(=O)(=O)N3CCCC3)o2)cc1. The minimum atomic E-state index is -3.68. The highest BCUT2D eigenvalue weighted by atomic mass is 32.2. The number of amides is 1. The molecule has 2 aliphatic heterocycles. The van der Waals surface area contributed by atoms with E-state index in [1.54, 1.807) is 7.11 Å². The lowest BCUT2D eigenvalue weighted by molar-refractivity contribution is 0.0642. The zero-order chi connectivity index (χ0) is 21.1. The van der Waals surface area contributed by atoms with Gasteiger partial charge in [-0.05, 0) is 55.5 Å². The third kappa shape index (κ3) is 4.11. The smallest absolute Gasteiger partial charge is 0.290 e. The van der Waals surface area contributed by atoms with Gasteiger partial charge in [-0.3, -0.25) is 4.79 Å². The number of hydrogen-bond acceptors (Lipinski definition) is 5. The number of nitrogens with zero attached hydrogens (tertiary/aromatic N) is 2. The van der Waals surface area contributed by atoms with Crippen LogP contribution in [0.15, 0.2) is 45.9 Å². The molecule has 1 aromatic carbocycles. The van der Waals surface area contributed by atoms with E-state index in [1.165, 1.54) is 16.4 Å². The van der Waals surface area contributed by atoms with Gasteiger partial charge in [-0.15, -0.1) is 0 Å². The molecule has 0 radical (unpaired) electrons. The molecule has 2 aliphatic rings. The van der Waals surface area contributed by atoms with Gasteiger partial charge in [0.15, 0.2) is 5.76 Å². The molecule has 0 aliphatic carbocycles. The molecule has 7 nitrogen and oxygen atoms in total. The Morgan fingerprint density at radius 1 is 0.967 bits per heavy atom. The van der Waals surface area contributed by atoms with Crippen molar-refractivity contribution in [1.29, 1.82) is 0 Å². The van der Waals surface area contributed by atoms with Crippen LogP contribution in [0.3, 0.4) is 0 Å². The molecule has 4 rings (SSSR count). The zero-order valence-electron chi connectivity index (χ0n) is 17.2. The maximum absolute atomic E-state index is 13.3. The van der Waals surface area contributed by atoms with Gasteiger partial charge in [0.25, 0.3) is 15.9 Å². The molecule has 0 N–H and O–H groups in total. The second kappa shape index (κ2) is 8.81. The lowest BCUT2D eigenvalue weighted by atomic mass is 10.0. The molecule has 1 amide bonds. The third-order valence-electron chi connectivity index (χ3n) is 5.97. The lowest BCUT2D eigenvalue weighted by Crippen LogP contribution is -2.34. The van der Waals surface area contributed by atoms with Crippen LogP contribution in [0.25, 0.3) is 0 Å². The number of likely N-dealkylation sites (tertiary alicyclic amines) is 1. The average Bonchev–Trinajstić information content (AvgIpc) is 3.42. The van der Waals surface area contributed by atoms with Crippen LogP contribution in [-0.4, -0.2) is 50.3 Å². The van der Waals surface area contributed by atoms with Crippen molar-refractivity contribution < 1.29 is 22.4 Å². The first-order chi connectivity index (χ1) is 14.5. The van der Waals surface area contributed by atoms with Gasteiger partial charge in [-0.1, -0.05) is 25.0 Å². The van der Waals surface area contributed by atoms with Crippen molar-refractivity contribution in [1.82, 2.24) is 9.21 Å². The molecule has 2 saturated heterocycles. The van der Waals surface area contributed by atoms with E-state index < -0.39 is 10.0 Å². The Balaban J connectivity index is 1.59. The normalized spacial score (nSPS) is 20.8. The van der Waals surface area contributed by atoms with Gasteiger partial charge >= 0.3 is 0 Å². The summed E-state index contributed by atoms with van der Waals surface area (Å²) in [6, 6.07) is 10.6.